The van der Waals surface area contributed by atoms with E-state index in [-0.39, 0.29) is 0 Å². The van der Waals surface area contributed by atoms with Gasteiger partial charge >= 0.3 is 0 Å². The molecule has 0 aliphatic carbocycles. The number of rotatable bonds is 2. The van der Waals surface area contributed by atoms with Gasteiger partial charge in [-0.15, -0.1) is 0 Å². The Labute approximate surface area is 57.0 Å². The average molecular weight is 127 g/mol. The summed E-state index contributed by atoms with van der Waals surface area (Å²) < 4.78 is 0. The Kier molecular flexibility index (Phi) is 3.01. The number of piperidine rings is 1. The third-order valence-electron chi connectivity index (χ3n) is 1.68. The fourth-order valence-electron chi connectivity index (χ4n) is 1.20. The summed E-state index contributed by atoms with van der Waals surface area (Å²) in [4.78, 5) is 0. The van der Waals surface area contributed by atoms with Gasteiger partial charge < -0.3 is 5.32 Å². The van der Waals surface area contributed by atoms with Crippen LogP contribution < -0.4 is 10.6 Å². The van der Waals surface area contributed by atoms with E-state index in [1.807, 2.05) is 13.5 Å². The van der Waals surface area contributed by atoms with Gasteiger partial charge in [-0.25, -0.2) is 0 Å². The van der Waals surface area contributed by atoms with Gasteiger partial charge in [0.1, 0.15) is 0 Å². The molecule has 1 rings (SSSR count). The zero-order chi connectivity index (χ0) is 6.53. The Morgan fingerprint density at radius 2 is 2.44 bits per heavy atom. The third-order valence-corrected chi connectivity index (χ3v) is 1.68. The van der Waals surface area contributed by atoms with Crippen LogP contribution in [0, 0.1) is 6.54 Å². The minimum atomic E-state index is 0.545. The van der Waals surface area contributed by atoms with Gasteiger partial charge in [0.15, 0.2) is 0 Å². The second-order valence-electron chi connectivity index (χ2n) is 2.46. The summed E-state index contributed by atoms with van der Waals surface area (Å²) >= 11 is 0. The molecule has 0 aromatic heterocycles. The lowest BCUT2D eigenvalue weighted by Gasteiger charge is -2.23. The van der Waals surface area contributed by atoms with E-state index < -0.39 is 0 Å². The molecule has 2 nitrogen and oxygen atoms in total. The molecule has 1 saturated heterocycles. The highest BCUT2D eigenvalue weighted by Crippen LogP contribution is 2.03. The zero-order valence-electron chi connectivity index (χ0n) is 5.98. The molecule has 2 heteroatoms. The van der Waals surface area contributed by atoms with Crippen molar-refractivity contribution < 1.29 is 0 Å². The van der Waals surface area contributed by atoms with Gasteiger partial charge in [-0.3, -0.25) is 5.32 Å². The molecule has 0 bridgehead atoms. The summed E-state index contributed by atoms with van der Waals surface area (Å²) in [6.07, 6.45) is 4.51. The topological polar surface area (TPSA) is 24.1 Å². The maximum atomic E-state index is 3.38. The van der Waals surface area contributed by atoms with Gasteiger partial charge in [-0.2, -0.15) is 0 Å². The van der Waals surface area contributed by atoms with Crippen molar-refractivity contribution in [2.24, 2.45) is 0 Å². The van der Waals surface area contributed by atoms with Crippen LogP contribution in [-0.2, 0) is 0 Å². The van der Waals surface area contributed by atoms with Crippen LogP contribution in [0.5, 0.6) is 0 Å². The summed E-state index contributed by atoms with van der Waals surface area (Å²) in [6, 6.07) is 0. The third kappa shape index (κ3) is 2.33. The fourth-order valence-corrected chi connectivity index (χ4v) is 1.20. The normalized spacial score (nSPS) is 28.3. The first-order valence-electron chi connectivity index (χ1n) is 3.71. The first kappa shape index (κ1) is 7.03. The van der Waals surface area contributed by atoms with Crippen LogP contribution in [0.15, 0.2) is 0 Å². The van der Waals surface area contributed by atoms with Gasteiger partial charge in [-0.1, -0.05) is 0 Å². The lowest BCUT2D eigenvalue weighted by Crippen LogP contribution is -2.43. The van der Waals surface area contributed by atoms with E-state index in [2.05, 4.69) is 10.6 Å². The molecule has 0 saturated carbocycles. The number of nitrogens with one attached hydrogen (secondary N) is 2. The molecule has 0 aromatic rings. The Bertz CT molecular complexity index is 64.6. The van der Waals surface area contributed by atoms with E-state index in [4.69, 9.17) is 0 Å². The Balaban J connectivity index is 2.08. The molecule has 1 unspecified atom stereocenters. The maximum absolute atomic E-state index is 3.38. The molecule has 1 atom stereocenters. The largest absolute Gasteiger partial charge is 0.302 e. The predicted octanol–water partition coefficient (Wildman–Crippen LogP) is 0.857. The SMILES string of the molecule is C[CH]NC1CCCCN1. The summed E-state index contributed by atoms with van der Waals surface area (Å²) in [6.45, 7) is 5.20. The van der Waals surface area contributed by atoms with E-state index in [1.165, 1.54) is 25.8 Å². The van der Waals surface area contributed by atoms with Gasteiger partial charge in [-0.05, 0) is 32.7 Å². The fraction of sp³-hybridized carbons (Fsp3) is 0.857. The summed E-state index contributed by atoms with van der Waals surface area (Å²) in [5.74, 6) is 0. The van der Waals surface area contributed by atoms with Gasteiger partial charge in [0.2, 0.25) is 0 Å². The minimum absolute atomic E-state index is 0.545. The van der Waals surface area contributed by atoms with Crippen LogP contribution in [0.2, 0.25) is 0 Å². The molecule has 9 heavy (non-hydrogen) atoms. The second kappa shape index (κ2) is 3.85. The zero-order valence-corrected chi connectivity index (χ0v) is 5.98. The molecule has 1 fully saturated rings. The van der Waals surface area contributed by atoms with E-state index >= 15 is 0 Å². The molecule has 2 N–H and O–H groups in total. The van der Waals surface area contributed by atoms with E-state index in [0.717, 1.165) is 0 Å². The van der Waals surface area contributed by atoms with Crippen molar-refractivity contribution in [1.82, 2.24) is 10.6 Å². The van der Waals surface area contributed by atoms with E-state index in [0.29, 0.717) is 6.17 Å². The molecular weight excluding hydrogens is 112 g/mol. The maximum Gasteiger partial charge on any atom is 0.0574 e. The van der Waals surface area contributed by atoms with Gasteiger partial charge in [0.05, 0.1) is 6.17 Å². The molecule has 1 aliphatic rings. The molecule has 0 spiro atoms. The van der Waals surface area contributed by atoms with Crippen molar-refractivity contribution in [3.05, 3.63) is 6.54 Å². The monoisotopic (exact) mass is 127 g/mol. The van der Waals surface area contributed by atoms with Crippen LogP contribution in [0.1, 0.15) is 26.2 Å². The van der Waals surface area contributed by atoms with Crippen molar-refractivity contribution in [3.63, 3.8) is 0 Å². The lowest BCUT2D eigenvalue weighted by atomic mass is 10.1. The molecule has 1 radical (unpaired) electrons. The van der Waals surface area contributed by atoms with Crippen LogP contribution in [0.4, 0.5) is 0 Å². The summed E-state index contributed by atoms with van der Waals surface area (Å²) in [5, 5.41) is 6.63. The molecular formula is C7H15N2. The van der Waals surface area contributed by atoms with Crippen LogP contribution in [0.25, 0.3) is 0 Å². The second-order valence-corrected chi connectivity index (χ2v) is 2.46. The van der Waals surface area contributed by atoms with E-state index in [9.17, 15) is 0 Å². The molecule has 1 aliphatic heterocycles. The summed E-state index contributed by atoms with van der Waals surface area (Å²) in [5.41, 5.74) is 0. The smallest absolute Gasteiger partial charge is 0.0574 e. The number of hydrogen-bond donors (Lipinski definition) is 2. The van der Waals surface area contributed by atoms with Crippen LogP contribution >= 0.6 is 0 Å². The lowest BCUT2D eigenvalue weighted by molar-refractivity contribution is 0.364. The molecule has 0 amide bonds. The Hall–Kier alpha value is -0.0800. The minimum Gasteiger partial charge on any atom is -0.302 e. The highest BCUT2D eigenvalue weighted by Gasteiger charge is 2.09. The van der Waals surface area contributed by atoms with Gasteiger partial charge in [0.25, 0.3) is 0 Å². The number of hydrogen-bond acceptors (Lipinski definition) is 2. The first-order valence-corrected chi connectivity index (χ1v) is 3.71. The van der Waals surface area contributed by atoms with E-state index in [1.54, 1.807) is 0 Å². The Morgan fingerprint density at radius 3 is 3.00 bits per heavy atom. The van der Waals surface area contributed by atoms with Crippen molar-refractivity contribution in [2.75, 3.05) is 6.54 Å². The van der Waals surface area contributed by atoms with Crippen molar-refractivity contribution in [2.45, 2.75) is 32.4 Å². The van der Waals surface area contributed by atoms with Gasteiger partial charge in [0, 0.05) is 6.54 Å². The summed E-state index contributed by atoms with van der Waals surface area (Å²) in [7, 11) is 0. The first-order chi connectivity index (χ1) is 4.43. The highest BCUT2D eigenvalue weighted by atomic mass is 15.1. The molecule has 53 valence electrons. The van der Waals surface area contributed by atoms with Crippen LogP contribution in [0.3, 0.4) is 0 Å². The average Bonchev–Trinajstić information content (AvgIpc) is 1.91. The van der Waals surface area contributed by atoms with Crippen molar-refractivity contribution >= 4 is 0 Å². The standard InChI is InChI=1S/C7H15N2/c1-2-8-7-5-3-4-6-9-7/h2,7-9H,3-6H2,1H3. The quantitative estimate of drug-likeness (QED) is 0.575. The van der Waals surface area contributed by atoms with Crippen molar-refractivity contribution in [1.29, 1.82) is 0 Å². The predicted molar refractivity (Wildman–Crippen MR) is 38.8 cm³/mol. The van der Waals surface area contributed by atoms with Crippen LogP contribution in [-0.4, -0.2) is 12.7 Å². The highest BCUT2D eigenvalue weighted by molar-refractivity contribution is 4.71. The Morgan fingerprint density at radius 1 is 1.56 bits per heavy atom. The van der Waals surface area contributed by atoms with Crippen molar-refractivity contribution in [3.8, 4) is 0 Å². The molecule has 0 aromatic carbocycles. The molecule has 1 heterocycles.